The molecule has 0 amide bonds. The van der Waals surface area contributed by atoms with Crippen molar-refractivity contribution in [2.75, 3.05) is 6.61 Å². The minimum absolute atomic E-state index is 0.104. The zero-order valence-electron chi connectivity index (χ0n) is 30.7. The molecule has 0 spiro atoms. The lowest BCUT2D eigenvalue weighted by atomic mass is 9.59. The number of ketones is 1. The Bertz CT molecular complexity index is 1220. The van der Waals surface area contributed by atoms with Crippen LogP contribution in [0.1, 0.15) is 151 Å². The maximum atomic E-state index is 13.6. The van der Waals surface area contributed by atoms with Crippen LogP contribution in [0.5, 0.6) is 0 Å². The number of aliphatic hydroxyl groups excluding tert-OH is 1. The van der Waals surface area contributed by atoms with Crippen molar-refractivity contribution in [3.8, 4) is 0 Å². The lowest BCUT2D eigenvalue weighted by Crippen LogP contribution is -2.66. The molecule has 3 N–H and O–H groups in total. The molecule has 4 rings (SSSR count). The number of esters is 2. The first kappa shape index (κ1) is 38.8. The summed E-state index contributed by atoms with van der Waals surface area (Å²) in [7, 11) is 0. The summed E-state index contributed by atoms with van der Waals surface area (Å²) in [5.74, 6) is -4.11. The SMILES string of the molecule is CCCCCCCCCC(=O)O[C@@H]1[C@@H](C)[C@@]2(O)[C@@H](C=C(CO)C[C@]3(O)C(=O)C(C)=C[C@@H]23)[C@@H]2C(C)(C)[C@]12OC(=O)CCCCCCCCC. The maximum absolute atomic E-state index is 13.6. The Morgan fingerprint density at radius 3 is 1.90 bits per heavy atom. The molecule has 2 saturated carbocycles. The summed E-state index contributed by atoms with van der Waals surface area (Å²) in [4.78, 5) is 40.6. The fourth-order valence-corrected chi connectivity index (χ4v) is 9.72. The summed E-state index contributed by atoms with van der Waals surface area (Å²) in [6.45, 7) is 11.4. The highest BCUT2D eigenvalue weighted by Crippen LogP contribution is 2.77. The van der Waals surface area contributed by atoms with Crippen LogP contribution in [0.25, 0.3) is 0 Å². The number of ether oxygens (including phenoxy) is 2. The molecule has 0 aliphatic heterocycles. The summed E-state index contributed by atoms with van der Waals surface area (Å²) < 4.78 is 12.8. The summed E-state index contributed by atoms with van der Waals surface area (Å²) in [6.07, 6.45) is 17.8. The molecular weight excluding hydrogens is 608 g/mol. The van der Waals surface area contributed by atoms with Gasteiger partial charge in [-0.25, -0.2) is 0 Å². The molecule has 0 unspecified atom stereocenters. The smallest absolute Gasteiger partial charge is 0.306 e. The van der Waals surface area contributed by atoms with E-state index in [0.29, 0.717) is 24.0 Å². The van der Waals surface area contributed by atoms with Gasteiger partial charge in [0.1, 0.15) is 11.7 Å². The zero-order valence-corrected chi connectivity index (χ0v) is 30.7. The third kappa shape index (κ3) is 7.10. The quantitative estimate of drug-likeness (QED) is 0.0740. The molecular formula is C40H64O8. The first-order valence-corrected chi connectivity index (χ1v) is 19.2. The van der Waals surface area contributed by atoms with Crippen LogP contribution in [0, 0.1) is 29.1 Å². The van der Waals surface area contributed by atoms with Gasteiger partial charge < -0.3 is 24.8 Å². The van der Waals surface area contributed by atoms with Gasteiger partial charge in [-0.05, 0) is 30.9 Å². The lowest BCUT2D eigenvalue weighted by molar-refractivity contribution is -0.229. The number of hydrogen-bond acceptors (Lipinski definition) is 8. The molecule has 0 heterocycles. The van der Waals surface area contributed by atoms with E-state index in [2.05, 4.69) is 13.8 Å². The van der Waals surface area contributed by atoms with Crippen molar-refractivity contribution in [3.05, 3.63) is 23.3 Å². The van der Waals surface area contributed by atoms with Gasteiger partial charge in [-0.1, -0.05) is 124 Å². The number of unbranched alkanes of at least 4 members (excludes halogenated alkanes) is 12. The van der Waals surface area contributed by atoms with Gasteiger partial charge in [0, 0.05) is 48.3 Å². The van der Waals surface area contributed by atoms with E-state index in [1.54, 1.807) is 26.0 Å². The van der Waals surface area contributed by atoms with Crippen LogP contribution in [0.15, 0.2) is 23.3 Å². The predicted molar refractivity (Wildman–Crippen MR) is 186 cm³/mol. The fourth-order valence-electron chi connectivity index (χ4n) is 9.72. The number of fused-ring (bicyclic) bond motifs is 5. The Morgan fingerprint density at radius 1 is 0.833 bits per heavy atom. The molecule has 48 heavy (non-hydrogen) atoms. The van der Waals surface area contributed by atoms with Gasteiger partial charge in [0.2, 0.25) is 0 Å². The van der Waals surface area contributed by atoms with Crippen LogP contribution in [-0.2, 0) is 23.9 Å². The highest BCUT2D eigenvalue weighted by Gasteiger charge is 2.87. The Balaban J connectivity index is 1.62. The summed E-state index contributed by atoms with van der Waals surface area (Å²) >= 11 is 0. The highest BCUT2D eigenvalue weighted by atomic mass is 16.6. The van der Waals surface area contributed by atoms with Crippen LogP contribution in [0.4, 0.5) is 0 Å². The highest BCUT2D eigenvalue weighted by molar-refractivity contribution is 6.04. The normalized spacial score (nSPS) is 34.7. The second-order valence-corrected chi connectivity index (χ2v) is 16.1. The molecule has 4 aliphatic rings. The Kier molecular flexibility index (Phi) is 12.8. The fraction of sp³-hybridized carbons (Fsp3) is 0.825. The molecule has 8 nitrogen and oxygen atoms in total. The molecule has 2 fully saturated rings. The van der Waals surface area contributed by atoms with Gasteiger partial charge in [0.25, 0.3) is 0 Å². The largest absolute Gasteiger partial charge is 0.458 e. The summed E-state index contributed by atoms with van der Waals surface area (Å²) in [5.41, 5.74) is -4.71. The summed E-state index contributed by atoms with van der Waals surface area (Å²) in [5, 5.41) is 35.3. The van der Waals surface area contributed by atoms with E-state index in [4.69, 9.17) is 9.47 Å². The molecule has 0 aromatic rings. The van der Waals surface area contributed by atoms with Crippen LogP contribution in [0.2, 0.25) is 0 Å². The van der Waals surface area contributed by atoms with Crippen molar-refractivity contribution in [1.29, 1.82) is 0 Å². The van der Waals surface area contributed by atoms with E-state index in [-0.39, 0.29) is 31.8 Å². The van der Waals surface area contributed by atoms with Gasteiger partial charge in [0.15, 0.2) is 11.4 Å². The molecule has 0 radical (unpaired) electrons. The van der Waals surface area contributed by atoms with Crippen molar-refractivity contribution < 1.29 is 39.2 Å². The topological polar surface area (TPSA) is 130 Å². The number of Topliss-reactive ketones (excluding diaryl/α,β-unsaturated/α-hetero) is 1. The van der Waals surface area contributed by atoms with Crippen molar-refractivity contribution in [1.82, 2.24) is 0 Å². The zero-order chi connectivity index (χ0) is 35.3. The Labute approximate surface area is 289 Å². The number of carbonyl (C=O) groups is 3. The summed E-state index contributed by atoms with van der Waals surface area (Å²) in [6, 6.07) is 0. The van der Waals surface area contributed by atoms with Crippen molar-refractivity contribution in [3.63, 3.8) is 0 Å². The third-order valence-corrected chi connectivity index (χ3v) is 12.5. The standard InChI is InChI=1S/C40H64O8/c1-7-9-11-13-15-17-19-21-32(42)47-36-28(4)39(46)30(24-29(26-41)25-38(45)31(39)23-27(3)35(38)44)34-37(5,6)40(34,36)48-33(43)22-20-18-16-14-12-10-8-2/h23-24,28,30-31,34,36,41,45-46H,7-22,25-26H2,1-6H3/t28-,30+,31-,34-,36-,38-,39-,40-/m1/s1. The minimum atomic E-state index is -1.93. The maximum Gasteiger partial charge on any atom is 0.306 e. The van der Waals surface area contributed by atoms with Gasteiger partial charge >= 0.3 is 11.9 Å². The second kappa shape index (κ2) is 15.9. The molecule has 0 saturated heterocycles. The first-order valence-electron chi connectivity index (χ1n) is 19.2. The van der Waals surface area contributed by atoms with E-state index < -0.39 is 63.7 Å². The van der Waals surface area contributed by atoms with Crippen molar-refractivity contribution >= 4 is 17.7 Å². The Morgan fingerprint density at radius 2 is 1.35 bits per heavy atom. The molecule has 0 aromatic heterocycles. The van der Waals surface area contributed by atoms with E-state index in [9.17, 15) is 29.7 Å². The van der Waals surface area contributed by atoms with Crippen molar-refractivity contribution in [2.45, 2.75) is 174 Å². The van der Waals surface area contributed by atoms with Crippen LogP contribution >= 0.6 is 0 Å². The molecule has 8 heteroatoms. The number of carbonyl (C=O) groups excluding carboxylic acids is 3. The number of hydrogen-bond donors (Lipinski definition) is 3. The minimum Gasteiger partial charge on any atom is -0.458 e. The average molecular weight is 673 g/mol. The van der Waals surface area contributed by atoms with E-state index in [1.165, 1.54) is 38.5 Å². The molecule has 0 bridgehead atoms. The van der Waals surface area contributed by atoms with Gasteiger partial charge in [0.05, 0.1) is 12.2 Å². The molecule has 272 valence electrons. The third-order valence-electron chi connectivity index (χ3n) is 12.5. The van der Waals surface area contributed by atoms with Crippen LogP contribution in [0.3, 0.4) is 0 Å². The lowest BCUT2D eigenvalue weighted by Gasteiger charge is -2.53. The van der Waals surface area contributed by atoms with Gasteiger partial charge in [-0.3, -0.25) is 14.4 Å². The Hall–Kier alpha value is -2.03. The van der Waals surface area contributed by atoms with Crippen LogP contribution in [-0.4, -0.2) is 62.6 Å². The molecule has 4 aliphatic carbocycles. The van der Waals surface area contributed by atoms with Crippen LogP contribution < -0.4 is 0 Å². The molecule has 8 atom stereocenters. The van der Waals surface area contributed by atoms with Crippen molar-refractivity contribution in [2.24, 2.45) is 29.1 Å². The van der Waals surface area contributed by atoms with E-state index in [0.717, 1.165) is 38.5 Å². The monoisotopic (exact) mass is 672 g/mol. The number of aliphatic hydroxyl groups is 3. The molecule has 0 aromatic carbocycles. The predicted octanol–water partition coefficient (Wildman–Crippen LogP) is 7.31. The van der Waals surface area contributed by atoms with E-state index >= 15 is 0 Å². The van der Waals surface area contributed by atoms with Gasteiger partial charge in [-0.2, -0.15) is 0 Å². The second-order valence-electron chi connectivity index (χ2n) is 16.1. The first-order chi connectivity index (χ1) is 22.8. The van der Waals surface area contributed by atoms with E-state index in [1.807, 2.05) is 13.8 Å². The average Bonchev–Trinajstić information content (AvgIpc) is 3.47. The van der Waals surface area contributed by atoms with Gasteiger partial charge in [-0.15, -0.1) is 0 Å². The number of rotatable bonds is 19.